The third kappa shape index (κ3) is 3.37. The van der Waals surface area contributed by atoms with Crippen molar-refractivity contribution in [2.45, 2.75) is 24.2 Å². The Balaban J connectivity index is 1.85. The first kappa shape index (κ1) is 22.6. The van der Waals surface area contributed by atoms with Gasteiger partial charge in [-0.25, -0.2) is 4.99 Å². The lowest BCUT2D eigenvalue weighted by Crippen LogP contribution is -2.55. The summed E-state index contributed by atoms with van der Waals surface area (Å²) in [6, 6.07) is 8.42. The number of methoxy groups -OCH3 is 2. The van der Waals surface area contributed by atoms with Gasteiger partial charge in [0.05, 0.1) is 19.8 Å². The van der Waals surface area contributed by atoms with E-state index in [1.807, 2.05) is 0 Å². The Hall–Kier alpha value is -4.15. The third-order valence-electron chi connectivity index (χ3n) is 6.42. The smallest absolute Gasteiger partial charge is 0.412 e. The molecule has 2 aliphatic heterocycles. The van der Waals surface area contributed by atoms with E-state index in [0.717, 1.165) is 0 Å². The molecule has 0 amide bonds. The van der Waals surface area contributed by atoms with Gasteiger partial charge in [0.1, 0.15) is 5.69 Å². The van der Waals surface area contributed by atoms with Crippen LogP contribution in [-0.2, 0) is 5.54 Å². The van der Waals surface area contributed by atoms with E-state index in [-0.39, 0.29) is 46.5 Å². The second-order valence-corrected chi connectivity index (χ2v) is 8.24. The van der Waals surface area contributed by atoms with Crippen LogP contribution in [0.15, 0.2) is 65.4 Å². The third-order valence-corrected chi connectivity index (χ3v) is 6.42. The predicted octanol–water partition coefficient (Wildman–Crippen LogP) is 4.06. The molecule has 35 heavy (non-hydrogen) atoms. The zero-order chi connectivity index (χ0) is 25.0. The number of alkyl halides is 3. The Morgan fingerprint density at radius 3 is 2.09 bits per heavy atom. The molecular weight excluding hydrogens is 465 g/mol. The molecule has 1 saturated heterocycles. The van der Waals surface area contributed by atoms with Crippen molar-refractivity contribution in [1.29, 1.82) is 0 Å². The molecule has 0 spiro atoms. The first-order chi connectivity index (χ1) is 16.7. The van der Waals surface area contributed by atoms with Gasteiger partial charge < -0.3 is 24.6 Å². The molecule has 2 bridgehead atoms. The fraction of sp³-hybridized carbons (Fsp3) is 0.250. The average Bonchev–Trinajstić information content (AvgIpc) is 3.45. The summed E-state index contributed by atoms with van der Waals surface area (Å²) in [5.41, 5.74) is -0.319. The Morgan fingerprint density at radius 2 is 1.60 bits per heavy atom. The predicted molar refractivity (Wildman–Crippen MR) is 120 cm³/mol. The van der Waals surface area contributed by atoms with Gasteiger partial charge in [-0.15, -0.1) is 0 Å². The first-order valence-corrected chi connectivity index (χ1v) is 10.6. The number of nitrogens with zero attached hydrogens (tertiary/aromatic N) is 3. The van der Waals surface area contributed by atoms with Crippen molar-refractivity contribution in [3.8, 4) is 23.0 Å². The van der Waals surface area contributed by atoms with Crippen molar-refractivity contribution >= 4 is 5.84 Å². The molecule has 1 atom stereocenters. The molecule has 11 heteroatoms. The van der Waals surface area contributed by atoms with E-state index in [1.165, 1.54) is 55.8 Å². The van der Waals surface area contributed by atoms with Crippen molar-refractivity contribution in [2.75, 3.05) is 14.2 Å². The molecule has 3 heterocycles. The molecule has 1 fully saturated rings. The average molecular weight is 486 g/mol. The Bertz CT molecular complexity index is 1280. The molecule has 1 unspecified atom stereocenters. The summed E-state index contributed by atoms with van der Waals surface area (Å²) in [6.07, 6.45) is -1.95. The van der Waals surface area contributed by atoms with Crippen molar-refractivity contribution in [2.24, 2.45) is 4.99 Å². The number of aliphatic imine (C=N–C) groups is 1. The molecule has 0 saturated carbocycles. The number of phenols is 2. The second kappa shape index (κ2) is 7.97. The lowest BCUT2D eigenvalue weighted by atomic mass is 9.79. The van der Waals surface area contributed by atoms with Crippen molar-refractivity contribution in [3.63, 3.8) is 0 Å². The fourth-order valence-electron chi connectivity index (χ4n) is 4.94. The standard InChI is InChI=1S/C24H21F3N4O4/c1-34-19-9-14(3-5-17(19)32)23(15-4-6-18(33)20(10-15)35-2)11-13-12-28-22(16-7-8-29-30-16)31(23)21(13)24(25,26)27/h3-10,12,21,32-33H,11H2,1-2H3,(H,29,30). The van der Waals surface area contributed by atoms with Gasteiger partial charge in [0.2, 0.25) is 0 Å². The van der Waals surface area contributed by atoms with E-state index in [2.05, 4.69) is 15.2 Å². The summed E-state index contributed by atoms with van der Waals surface area (Å²) < 4.78 is 54.3. The zero-order valence-corrected chi connectivity index (χ0v) is 18.7. The van der Waals surface area contributed by atoms with Crippen LogP contribution in [0.2, 0.25) is 0 Å². The molecule has 5 rings (SSSR count). The van der Waals surface area contributed by atoms with E-state index < -0.39 is 17.8 Å². The largest absolute Gasteiger partial charge is 0.504 e. The van der Waals surface area contributed by atoms with Crippen molar-refractivity contribution < 1.29 is 32.9 Å². The van der Waals surface area contributed by atoms with E-state index >= 15 is 0 Å². The van der Waals surface area contributed by atoms with Gasteiger partial charge >= 0.3 is 6.18 Å². The van der Waals surface area contributed by atoms with Crippen LogP contribution in [0.3, 0.4) is 0 Å². The zero-order valence-electron chi connectivity index (χ0n) is 18.7. The molecule has 3 aromatic rings. The fourth-order valence-corrected chi connectivity index (χ4v) is 4.94. The number of rotatable bonds is 5. The van der Waals surface area contributed by atoms with E-state index in [9.17, 15) is 23.4 Å². The maximum absolute atomic E-state index is 14.6. The van der Waals surface area contributed by atoms with Gasteiger partial charge in [0.25, 0.3) is 0 Å². The molecule has 1 aromatic heterocycles. The minimum absolute atomic E-state index is 0.0221. The van der Waals surface area contributed by atoms with Gasteiger partial charge in [0.15, 0.2) is 34.9 Å². The maximum atomic E-state index is 14.6. The van der Waals surface area contributed by atoms with Gasteiger partial charge in [-0.1, -0.05) is 12.1 Å². The highest BCUT2D eigenvalue weighted by molar-refractivity contribution is 6.00. The first-order valence-electron chi connectivity index (χ1n) is 10.6. The minimum atomic E-state index is -4.63. The lowest BCUT2D eigenvalue weighted by molar-refractivity contribution is -0.164. The van der Waals surface area contributed by atoms with Crippen LogP contribution in [-0.4, -0.2) is 57.6 Å². The molecule has 2 aliphatic rings. The lowest BCUT2D eigenvalue weighted by Gasteiger charge is -2.44. The number of H-pyrrole nitrogens is 1. The molecule has 182 valence electrons. The molecule has 0 aliphatic carbocycles. The highest BCUT2D eigenvalue weighted by atomic mass is 19.4. The number of fused-ring (bicyclic) bond motifs is 2. The number of aromatic nitrogens is 2. The summed E-state index contributed by atoms with van der Waals surface area (Å²) in [7, 11) is 2.72. The highest BCUT2D eigenvalue weighted by Crippen LogP contribution is 2.56. The monoisotopic (exact) mass is 486 g/mol. The number of hydrogen-bond acceptors (Lipinski definition) is 7. The summed E-state index contributed by atoms with van der Waals surface area (Å²) in [6.45, 7) is 0. The van der Waals surface area contributed by atoms with Crippen LogP contribution in [0.5, 0.6) is 23.0 Å². The minimum Gasteiger partial charge on any atom is -0.504 e. The second-order valence-electron chi connectivity index (χ2n) is 8.24. The van der Waals surface area contributed by atoms with Crippen molar-refractivity contribution in [3.05, 3.63) is 77.3 Å². The number of aromatic amines is 1. The van der Waals surface area contributed by atoms with Gasteiger partial charge in [-0.05, 0) is 47.0 Å². The summed E-state index contributed by atoms with van der Waals surface area (Å²) in [4.78, 5) is 5.57. The van der Waals surface area contributed by atoms with Gasteiger partial charge in [-0.2, -0.15) is 18.3 Å². The number of halogens is 3. The molecule has 2 aromatic carbocycles. The van der Waals surface area contributed by atoms with Crippen LogP contribution in [0.25, 0.3) is 0 Å². The quantitative estimate of drug-likeness (QED) is 0.503. The number of nitrogens with one attached hydrogen (secondary N) is 1. The van der Waals surface area contributed by atoms with E-state index in [0.29, 0.717) is 11.1 Å². The van der Waals surface area contributed by atoms with Crippen LogP contribution in [0.1, 0.15) is 23.2 Å². The van der Waals surface area contributed by atoms with E-state index in [4.69, 9.17) is 9.47 Å². The number of benzene rings is 2. The Morgan fingerprint density at radius 1 is 1.00 bits per heavy atom. The Kier molecular flexibility index (Phi) is 5.15. The number of aromatic hydroxyl groups is 2. The molecular formula is C24H21F3N4O4. The Labute approximate surface area is 197 Å². The molecule has 3 N–H and O–H groups in total. The number of phenolic OH excluding ortho intramolecular Hbond substituents is 2. The highest BCUT2D eigenvalue weighted by Gasteiger charge is 2.62. The number of amidine groups is 1. The van der Waals surface area contributed by atoms with Crippen LogP contribution >= 0.6 is 0 Å². The summed E-state index contributed by atoms with van der Waals surface area (Å²) >= 11 is 0. The number of ether oxygens (including phenoxy) is 2. The SMILES string of the molecule is COc1cc(C2(c3ccc(O)c(OC)c3)CC3=CN=C(c4cc[nH]n4)N2C3C(F)(F)F)ccc1O. The van der Waals surface area contributed by atoms with Crippen LogP contribution in [0.4, 0.5) is 13.2 Å². The van der Waals surface area contributed by atoms with Gasteiger partial charge in [0, 0.05) is 18.8 Å². The van der Waals surface area contributed by atoms with Crippen LogP contribution in [0, 0.1) is 0 Å². The summed E-state index contributed by atoms with van der Waals surface area (Å²) in [5, 5.41) is 27.1. The van der Waals surface area contributed by atoms with E-state index in [1.54, 1.807) is 18.2 Å². The number of hydrogen-bond donors (Lipinski definition) is 3. The van der Waals surface area contributed by atoms with Crippen LogP contribution < -0.4 is 9.47 Å². The van der Waals surface area contributed by atoms with Gasteiger partial charge in [-0.3, -0.25) is 5.10 Å². The maximum Gasteiger partial charge on any atom is 0.412 e. The molecule has 0 radical (unpaired) electrons. The normalized spacial score (nSPS) is 18.8. The summed E-state index contributed by atoms with van der Waals surface area (Å²) in [5.74, 6) is -0.0806. The molecule has 8 nitrogen and oxygen atoms in total. The van der Waals surface area contributed by atoms with Crippen molar-refractivity contribution in [1.82, 2.24) is 15.1 Å². The topological polar surface area (TPSA) is 103 Å².